The summed E-state index contributed by atoms with van der Waals surface area (Å²) in [7, 11) is 0. The monoisotopic (exact) mass is 238 g/mol. The highest BCUT2D eigenvalue weighted by molar-refractivity contribution is 4.86. The molecular weight excluding hydrogens is 208 g/mol. The van der Waals surface area contributed by atoms with Crippen molar-refractivity contribution in [1.29, 1.82) is 0 Å². The first kappa shape index (κ1) is 13.4. The van der Waals surface area contributed by atoms with E-state index in [2.05, 4.69) is 18.7 Å². The molecule has 2 rings (SSSR count). The highest BCUT2D eigenvalue weighted by atomic mass is 15.2. The molecule has 0 spiro atoms. The second kappa shape index (κ2) is 6.19. The molecule has 2 fully saturated rings. The summed E-state index contributed by atoms with van der Waals surface area (Å²) in [6.07, 6.45) is 9.85. The molecule has 1 saturated heterocycles. The van der Waals surface area contributed by atoms with Gasteiger partial charge in [0.2, 0.25) is 0 Å². The zero-order chi connectivity index (χ0) is 12.3. The van der Waals surface area contributed by atoms with Crippen LogP contribution in [0.5, 0.6) is 0 Å². The molecule has 1 saturated carbocycles. The van der Waals surface area contributed by atoms with E-state index >= 15 is 0 Å². The summed E-state index contributed by atoms with van der Waals surface area (Å²) in [4.78, 5) is 2.79. The summed E-state index contributed by atoms with van der Waals surface area (Å²) in [5.41, 5.74) is 5.87. The van der Waals surface area contributed by atoms with Crippen LogP contribution < -0.4 is 5.73 Å². The lowest BCUT2D eigenvalue weighted by Gasteiger charge is -2.42. The van der Waals surface area contributed by atoms with Gasteiger partial charge < -0.3 is 5.73 Å². The average Bonchev–Trinajstić information content (AvgIpc) is 2.55. The van der Waals surface area contributed by atoms with Gasteiger partial charge in [0.1, 0.15) is 0 Å². The standard InChI is InChI=1S/C15H30N2/c1-12-4-3-5-15(9-6-12)17-11-14(10-16)8-7-13(17)2/h12-15H,3-11,16H2,1-2H3. The van der Waals surface area contributed by atoms with E-state index in [4.69, 9.17) is 5.73 Å². The van der Waals surface area contributed by atoms with Gasteiger partial charge in [0.15, 0.2) is 0 Å². The molecule has 0 amide bonds. The van der Waals surface area contributed by atoms with E-state index in [-0.39, 0.29) is 0 Å². The van der Waals surface area contributed by atoms with Gasteiger partial charge in [-0.05, 0) is 57.4 Å². The lowest BCUT2D eigenvalue weighted by Crippen LogP contribution is -2.49. The minimum Gasteiger partial charge on any atom is -0.330 e. The Labute approximate surface area is 107 Å². The van der Waals surface area contributed by atoms with Crippen molar-refractivity contribution in [2.24, 2.45) is 17.6 Å². The summed E-state index contributed by atoms with van der Waals surface area (Å²) < 4.78 is 0. The van der Waals surface area contributed by atoms with E-state index in [1.165, 1.54) is 51.5 Å². The van der Waals surface area contributed by atoms with Crippen LogP contribution in [0.25, 0.3) is 0 Å². The molecule has 4 unspecified atom stereocenters. The van der Waals surface area contributed by atoms with Crippen LogP contribution >= 0.6 is 0 Å². The van der Waals surface area contributed by atoms with E-state index in [1.54, 1.807) is 0 Å². The van der Waals surface area contributed by atoms with Crippen molar-refractivity contribution < 1.29 is 0 Å². The summed E-state index contributed by atoms with van der Waals surface area (Å²) in [6, 6.07) is 1.64. The molecule has 2 nitrogen and oxygen atoms in total. The van der Waals surface area contributed by atoms with Crippen molar-refractivity contribution in [2.75, 3.05) is 13.1 Å². The first-order chi connectivity index (χ1) is 8.20. The molecule has 0 aromatic rings. The van der Waals surface area contributed by atoms with Crippen LogP contribution in [0.15, 0.2) is 0 Å². The van der Waals surface area contributed by atoms with Crippen LogP contribution in [0.4, 0.5) is 0 Å². The van der Waals surface area contributed by atoms with Gasteiger partial charge in [0.25, 0.3) is 0 Å². The molecular formula is C15H30N2. The topological polar surface area (TPSA) is 29.3 Å². The van der Waals surface area contributed by atoms with Crippen molar-refractivity contribution in [3.05, 3.63) is 0 Å². The fraction of sp³-hybridized carbons (Fsp3) is 1.00. The Hall–Kier alpha value is -0.0800. The fourth-order valence-electron chi connectivity index (χ4n) is 3.71. The van der Waals surface area contributed by atoms with Gasteiger partial charge in [-0.3, -0.25) is 4.90 Å². The van der Waals surface area contributed by atoms with E-state index in [0.717, 1.165) is 30.5 Å². The summed E-state index contributed by atoms with van der Waals surface area (Å²) in [5.74, 6) is 1.71. The van der Waals surface area contributed by atoms with Crippen LogP contribution in [-0.4, -0.2) is 30.1 Å². The molecule has 0 aromatic carbocycles. The van der Waals surface area contributed by atoms with Gasteiger partial charge in [-0.15, -0.1) is 0 Å². The Kier molecular flexibility index (Phi) is 4.87. The van der Waals surface area contributed by atoms with Gasteiger partial charge in [0, 0.05) is 18.6 Å². The number of rotatable bonds is 2. The number of likely N-dealkylation sites (tertiary alicyclic amines) is 1. The smallest absolute Gasteiger partial charge is 0.00983 e. The molecule has 100 valence electrons. The zero-order valence-electron chi connectivity index (χ0n) is 11.7. The van der Waals surface area contributed by atoms with Crippen LogP contribution in [-0.2, 0) is 0 Å². The predicted octanol–water partition coefficient (Wildman–Crippen LogP) is 3.01. The third kappa shape index (κ3) is 3.45. The summed E-state index contributed by atoms with van der Waals surface area (Å²) in [6.45, 7) is 6.98. The highest BCUT2D eigenvalue weighted by Gasteiger charge is 2.30. The Morgan fingerprint density at radius 2 is 1.82 bits per heavy atom. The van der Waals surface area contributed by atoms with Gasteiger partial charge in [-0.1, -0.05) is 19.8 Å². The van der Waals surface area contributed by atoms with Gasteiger partial charge in [-0.25, -0.2) is 0 Å². The molecule has 1 aliphatic heterocycles. The quantitative estimate of drug-likeness (QED) is 0.749. The van der Waals surface area contributed by atoms with Crippen molar-refractivity contribution in [1.82, 2.24) is 4.90 Å². The third-order valence-corrected chi connectivity index (χ3v) is 5.06. The maximum Gasteiger partial charge on any atom is 0.00983 e. The summed E-state index contributed by atoms with van der Waals surface area (Å²) in [5, 5.41) is 0. The molecule has 1 aliphatic carbocycles. The maximum absolute atomic E-state index is 5.87. The van der Waals surface area contributed by atoms with E-state index in [0.29, 0.717) is 0 Å². The Balaban J connectivity index is 1.93. The molecule has 0 radical (unpaired) electrons. The third-order valence-electron chi connectivity index (χ3n) is 5.06. The van der Waals surface area contributed by atoms with Crippen LogP contribution in [0.1, 0.15) is 58.8 Å². The second-order valence-electron chi connectivity index (χ2n) is 6.49. The molecule has 2 N–H and O–H groups in total. The number of hydrogen-bond donors (Lipinski definition) is 1. The zero-order valence-corrected chi connectivity index (χ0v) is 11.7. The lowest BCUT2D eigenvalue weighted by molar-refractivity contribution is 0.0658. The first-order valence-corrected chi connectivity index (χ1v) is 7.66. The Morgan fingerprint density at radius 3 is 2.59 bits per heavy atom. The van der Waals surface area contributed by atoms with Crippen LogP contribution in [0.2, 0.25) is 0 Å². The van der Waals surface area contributed by atoms with E-state index < -0.39 is 0 Å². The molecule has 0 aromatic heterocycles. The molecule has 17 heavy (non-hydrogen) atoms. The first-order valence-electron chi connectivity index (χ1n) is 7.66. The number of nitrogens with two attached hydrogens (primary N) is 1. The molecule has 2 heteroatoms. The minimum atomic E-state index is 0.756. The number of piperidine rings is 1. The van der Waals surface area contributed by atoms with Crippen molar-refractivity contribution >= 4 is 0 Å². The second-order valence-corrected chi connectivity index (χ2v) is 6.49. The van der Waals surface area contributed by atoms with E-state index in [1.807, 2.05) is 0 Å². The Bertz CT molecular complexity index is 229. The number of hydrogen-bond acceptors (Lipinski definition) is 2. The molecule has 4 atom stereocenters. The SMILES string of the molecule is CC1CCCC(N2CC(CN)CCC2C)CC1. The van der Waals surface area contributed by atoms with E-state index in [9.17, 15) is 0 Å². The van der Waals surface area contributed by atoms with Crippen molar-refractivity contribution in [3.8, 4) is 0 Å². The largest absolute Gasteiger partial charge is 0.330 e. The summed E-state index contributed by atoms with van der Waals surface area (Å²) >= 11 is 0. The van der Waals surface area contributed by atoms with Gasteiger partial charge in [-0.2, -0.15) is 0 Å². The highest BCUT2D eigenvalue weighted by Crippen LogP contribution is 2.31. The maximum atomic E-state index is 5.87. The number of nitrogens with zero attached hydrogens (tertiary/aromatic N) is 1. The Morgan fingerprint density at radius 1 is 1.00 bits per heavy atom. The minimum absolute atomic E-state index is 0.756. The normalized spacial score (nSPS) is 41.1. The fourth-order valence-corrected chi connectivity index (χ4v) is 3.71. The molecule has 1 heterocycles. The van der Waals surface area contributed by atoms with Crippen LogP contribution in [0.3, 0.4) is 0 Å². The van der Waals surface area contributed by atoms with Gasteiger partial charge in [0.05, 0.1) is 0 Å². The molecule has 0 bridgehead atoms. The van der Waals surface area contributed by atoms with Gasteiger partial charge >= 0.3 is 0 Å². The predicted molar refractivity (Wildman–Crippen MR) is 74.0 cm³/mol. The van der Waals surface area contributed by atoms with Crippen molar-refractivity contribution in [3.63, 3.8) is 0 Å². The van der Waals surface area contributed by atoms with Crippen LogP contribution in [0, 0.1) is 11.8 Å². The average molecular weight is 238 g/mol. The molecule has 2 aliphatic rings. The lowest BCUT2D eigenvalue weighted by atomic mass is 9.90. The van der Waals surface area contributed by atoms with Crippen molar-refractivity contribution in [2.45, 2.75) is 70.9 Å².